The summed E-state index contributed by atoms with van der Waals surface area (Å²) >= 11 is 12.2. The van der Waals surface area contributed by atoms with E-state index < -0.39 is 0 Å². The molecule has 1 saturated heterocycles. The maximum Gasteiger partial charge on any atom is 0.255 e. The molecule has 1 heterocycles. The highest BCUT2D eigenvalue weighted by molar-refractivity contribution is 6.35. The molecule has 172 valence electrons. The number of hydrogen-bond acceptors (Lipinski definition) is 4. The fourth-order valence-corrected chi connectivity index (χ4v) is 4.06. The molecule has 0 saturated carbocycles. The third kappa shape index (κ3) is 7.12. The van der Waals surface area contributed by atoms with E-state index >= 15 is 0 Å². The fourth-order valence-electron chi connectivity index (χ4n) is 3.60. The molecule has 2 N–H and O–H groups in total. The second-order valence-electron chi connectivity index (χ2n) is 7.89. The number of para-hydroxylation sites is 1. The third-order valence-electron chi connectivity index (χ3n) is 5.39. The highest BCUT2D eigenvalue weighted by atomic mass is 35.5. The second kappa shape index (κ2) is 12.1. The molecule has 0 unspecified atom stereocenters. The molecule has 1 aliphatic heterocycles. The van der Waals surface area contributed by atoms with Crippen LogP contribution in [0.4, 0.5) is 0 Å². The first-order valence-electron chi connectivity index (χ1n) is 10.9. The lowest BCUT2D eigenvalue weighted by molar-refractivity contribution is -0.122. The molecule has 2 amide bonds. The second-order valence-corrected chi connectivity index (χ2v) is 8.74. The topological polar surface area (TPSA) is 70.7 Å². The average molecular weight is 478 g/mol. The Morgan fingerprint density at radius 2 is 1.88 bits per heavy atom. The van der Waals surface area contributed by atoms with E-state index in [9.17, 15) is 9.59 Å². The van der Waals surface area contributed by atoms with Gasteiger partial charge in [-0.05, 0) is 43.5 Å². The van der Waals surface area contributed by atoms with Crippen molar-refractivity contribution in [2.75, 3.05) is 26.2 Å². The number of hydrogen-bond donors (Lipinski definition) is 2. The van der Waals surface area contributed by atoms with E-state index in [1.807, 2.05) is 25.1 Å². The highest BCUT2D eigenvalue weighted by Crippen LogP contribution is 2.25. The summed E-state index contributed by atoms with van der Waals surface area (Å²) in [4.78, 5) is 26.9. The number of likely N-dealkylation sites (tertiary alicyclic amines) is 1. The number of nitrogens with zero attached hydrogens (tertiary/aromatic N) is 1. The van der Waals surface area contributed by atoms with Gasteiger partial charge >= 0.3 is 0 Å². The summed E-state index contributed by atoms with van der Waals surface area (Å²) in [6.07, 6.45) is 2.53. The number of carbonyl (C=O) groups excluding carboxylic acids is 2. The Hall–Kier alpha value is -2.28. The first kappa shape index (κ1) is 24.4. The minimum absolute atomic E-state index is 0.0567. The fraction of sp³-hybridized carbons (Fsp3) is 0.417. The Morgan fingerprint density at radius 3 is 2.59 bits per heavy atom. The zero-order valence-electron chi connectivity index (χ0n) is 18.2. The normalized spacial score (nSPS) is 14.7. The van der Waals surface area contributed by atoms with Crippen molar-refractivity contribution in [3.05, 3.63) is 63.6 Å². The summed E-state index contributed by atoms with van der Waals surface area (Å²) in [5, 5.41) is 7.10. The molecular weight excluding hydrogens is 449 g/mol. The lowest BCUT2D eigenvalue weighted by Gasteiger charge is -2.32. The Kier molecular flexibility index (Phi) is 9.21. The van der Waals surface area contributed by atoms with Gasteiger partial charge in [0.1, 0.15) is 12.4 Å². The van der Waals surface area contributed by atoms with Gasteiger partial charge in [-0.15, -0.1) is 0 Å². The molecule has 2 aromatic rings. The van der Waals surface area contributed by atoms with Crippen molar-refractivity contribution in [1.29, 1.82) is 0 Å². The van der Waals surface area contributed by atoms with Gasteiger partial charge in [0.05, 0.1) is 12.1 Å². The summed E-state index contributed by atoms with van der Waals surface area (Å²) in [6.45, 7) is 4.93. The van der Waals surface area contributed by atoms with Crippen LogP contribution in [0.5, 0.6) is 5.75 Å². The van der Waals surface area contributed by atoms with Crippen LogP contribution in [-0.2, 0) is 11.4 Å². The van der Waals surface area contributed by atoms with Gasteiger partial charge in [0.2, 0.25) is 5.91 Å². The van der Waals surface area contributed by atoms with Crippen LogP contribution in [0.1, 0.15) is 42.1 Å². The number of amides is 2. The third-order valence-corrected chi connectivity index (χ3v) is 5.98. The van der Waals surface area contributed by atoms with Gasteiger partial charge < -0.3 is 15.4 Å². The van der Waals surface area contributed by atoms with Crippen LogP contribution in [-0.4, -0.2) is 48.9 Å². The standard InChI is InChI=1S/C24H29Cl2N3O3/c1-2-11-27-23(30)15-29-12-9-19(10-13-29)28-24(31)20-5-3-4-6-22(20)32-16-17-7-8-18(25)14-21(17)26/h3-8,14,19H,2,9-13,15-16H2,1H3,(H,27,30)(H,28,31). The summed E-state index contributed by atoms with van der Waals surface area (Å²) in [7, 11) is 0. The minimum Gasteiger partial charge on any atom is -0.488 e. The van der Waals surface area contributed by atoms with Gasteiger partial charge in [0, 0.05) is 41.3 Å². The number of benzene rings is 2. The summed E-state index contributed by atoms with van der Waals surface area (Å²) in [5.74, 6) is 0.393. The molecule has 1 fully saturated rings. The zero-order valence-corrected chi connectivity index (χ0v) is 19.7. The lowest BCUT2D eigenvalue weighted by atomic mass is 10.0. The van der Waals surface area contributed by atoms with Crippen molar-refractivity contribution in [2.24, 2.45) is 0 Å². The van der Waals surface area contributed by atoms with E-state index in [0.29, 0.717) is 34.4 Å². The Bertz CT molecular complexity index is 930. The van der Waals surface area contributed by atoms with E-state index in [-0.39, 0.29) is 24.5 Å². The van der Waals surface area contributed by atoms with Gasteiger partial charge in [-0.3, -0.25) is 14.5 Å². The van der Waals surface area contributed by atoms with E-state index in [0.717, 1.165) is 37.9 Å². The molecule has 1 aliphatic rings. The summed E-state index contributed by atoms with van der Waals surface area (Å²) in [5.41, 5.74) is 1.28. The molecule has 0 spiro atoms. The van der Waals surface area contributed by atoms with Gasteiger partial charge in [0.15, 0.2) is 0 Å². The van der Waals surface area contributed by atoms with E-state index in [1.54, 1.807) is 24.3 Å². The molecule has 0 aliphatic carbocycles. The van der Waals surface area contributed by atoms with Crippen molar-refractivity contribution in [2.45, 2.75) is 38.8 Å². The van der Waals surface area contributed by atoms with Gasteiger partial charge in [-0.1, -0.05) is 48.3 Å². The number of ether oxygens (including phenoxy) is 1. The first-order chi connectivity index (χ1) is 15.5. The van der Waals surface area contributed by atoms with Gasteiger partial charge in [-0.2, -0.15) is 0 Å². The van der Waals surface area contributed by atoms with Crippen LogP contribution in [0, 0.1) is 0 Å². The number of halogens is 2. The quantitative estimate of drug-likeness (QED) is 0.564. The molecule has 0 bridgehead atoms. The van der Waals surface area contributed by atoms with E-state index in [4.69, 9.17) is 27.9 Å². The summed E-state index contributed by atoms with van der Waals surface area (Å²) in [6, 6.07) is 12.5. The predicted molar refractivity (Wildman–Crippen MR) is 127 cm³/mol. The Labute approximate surface area is 199 Å². The van der Waals surface area contributed by atoms with Crippen LogP contribution in [0.25, 0.3) is 0 Å². The largest absolute Gasteiger partial charge is 0.488 e. The molecule has 2 aromatic carbocycles. The van der Waals surface area contributed by atoms with Crippen molar-refractivity contribution in [3.63, 3.8) is 0 Å². The average Bonchev–Trinajstić information content (AvgIpc) is 2.78. The number of nitrogens with one attached hydrogen (secondary N) is 2. The number of rotatable bonds is 9. The number of carbonyl (C=O) groups is 2. The van der Waals surface area contributed by atoms with Crippen LogP contribution in [0.15, 0.2) is 42.5 Å². The van der Waals surface area contributed by atoms with Crippen LogP contribution < -0.4 is 15.4 Å². The van der Waals surface area contributed by atoms with Crippen molar-refractivity contribution < 1.29 is 14.3 Å². The van der Waals surface area contributed by atoms with Crippen LogP contribution in [0.2, 0.25) is 10.0 Å². The molecule has 32 heavy (non-hydrogen) atoms. The monoisotopic (exact) mass is 477 g/mol. The molecular formula is C24H29Cl2N3O3. The Balaban J connectivity index is 1.52. The molecule has 0 atom stereocenters. The molecule has 0 aromatic heterocycles. The van der Waals surface area contributed by atoms with Gasteiger partial charge in [-0.25, -0.2) is 0 Å². The first-order valence-corrected chi connectivity index (χ1v) is 11.7. The zero-order chi connectivity index (χ0) is 22.9. The molecule has 0 radical (unpaired) electrons. The van der Waals surface area contributed by atoms with Crippen LogP contribution >= 0.6 is 23.2 Å². The number of piperidine rings is 1. The minimum atomic E-state index is -0.165. The van der Waals surface area contributed by atoms with E-state index in [2.05, 4.69) is 15.5 Å². The van der Waals surface area contributed by atoms with Crippen LogP contribution in [0.3, 0.4) is 0 Å². The highest BCUT2D eigenvalue weighted by Gasteiger charge is 2.23. The molecule has 8 heteroatoms. The molecule has 6 nitrogen and oxygen atoms in total. The maximum atomic E-state index is 12.9. The maximum absolute atomic E-state index is 12.9. The lowest BCUT2D eigenvalue weighted by Crippen LogP contribution is -2.47. The smallest absolute Gasteiger partial charge is 0.255 e. The van der Waals surface area contributed by atoms with Gasteiger partial charge in [0.25, 0.3) is 5.91 Å². The summed E-state index contributed by atoms with van der Waals surface area (Å²) < 4.78 is 5.91. The predicted octanol–water partition coefficient (Wildman–Crippen LogP) is 4.29. The van der Waals surface area contributed by atoms with Crippen molar-refractivity contribution in [1.82, 2.24) is 15.5 Å². The van der Waals surface area contributed by atoms with Crippen molar-refractivity contribution >= 4 is 35.0 Å². The molecule has 3 rings (SSSR count). The SMILES string of the molecule is CCCNC(=O)CN1CCC(NC(=O)c2ccccc2OCc2ccc(Cl)cc2Cl)CC1. The van der Waals surface area contributed by atoms with Crippen molar-refractivity contribution in [3.8, 4) is 5.75 Å². The van der Waals surface area contributed by atoms with E-state index in [1.165, 1.54) is 0 Å². The Morgan fingerprint density at radius 1 is 1.12 bits per heavy atom.